The third kappa shape index (κ3) is 1.74. The smallest absolute Gasteiger partial charge is 0.0509 e. The van der Waals surface area contributed by atoms with E-state index in [9.17, 15) is 0 Å². The molecule has 2 rings (SSSR count). The highest BCUT2D eigenvalue weighted by Crippen LogP contribution is 2.22. The van der Waals surface area contributed by atoms with Gasteiger partial charge in [0, 0.05) is 12.6 Å². The quantitative estimate of drug-likeness (QED) is 0.613. The molecule has 0 amide bonds. The molecule has 11 heavy (non-hydrogen) atoms. The maximum atomic E-state index is 5.45. The first-order chi connectivity index (χ1) is 5.47. The Hall–Kier alpha value is -0.0800. The van der Waals surface area contributed by atoms with Crippen LogP contribution in [-0.4, -0.2) is 25.8 Å². The molecule has 2 aliphatic rings. The van der Waals surface area contributed by atoms with Crippen LogP contribution in [0.1, 0.15) is 25.7 Å². The van der Waals surface area contributed by atoms with Gasteiger partial charge in [-0.25, -0.2) is 0 Å². The predicted molar refractivity (Wildman–Crippen MR) is 44.6 cm³/mol. The van der Waals surface area contributed by atoms with E-state index < -0.39 is 0 Å². The van der Waals surface area contributed by atoms with Crippen molar-refractivity contribution in [1.29, 1.82) is 0 Å². The van der Waals surface area contributed by atoms with Crippen molar-refractivity contribution in [3.05, 3.63) is 0 Å². The van der Waals surface area contributed by atoms with E-state index in [4.69, 9.17) is 4.74 Å². The lowest BCUT2D eigenvalue weighted by atomic mass is 9.93. The largest absolute Gasteiger partial charge is 0.381 e. The Labute approximate surface area is 68.3 Å². The van der Waals surface area contributed by atoms with E-state index in [1.807, 2.05) is 0 Å². The van der Waals surface area contributed by atoms with Crippen LogP contribution in [0.5, 0.6) is 0 Å². The van der Waals surface area contributed by atoms with Crippen LogP contribution in [0.3, 0.4) is 0 Å². The van der Waals surface area contributed by atoms with Gasteiger partial charge in [-0.3, -0.25) is 0 Å². The summed E-state index contributed by atoms with van der Waals surface area (Å²) in [5, 5.41) is 3.55. The van der Waals surface area contributed by atoms with Crippen LogP contribution < -0.4 is 5.32 Å². The number of rotatable bonds is 1. The average Bonchev–Trinajstić information content (AvgIpc) is 2.58. The van der Waals surface area contributed by atoms with Gasteiger partial charge in [0.05, 0.1) is 6.61 Å². The van der Waals surface area contributed by atoms with Crippen LogP contribution in [-0.2, 0) is 4.74 Å². The minimum atomic E-state index is 0.773. The molecule has 0 spiro atoms. The normalized spacial score (nSPS) is 39.3. The van der Waals surface area contributed by atoms with Gasteiger partial charge in [0.1, 0.15) is 0 Å². The molecule has 0 aromatic rings. The van der Waals surface area contributed by atoms with Gasteiger partial charge in [0.15, 0.2) is 0 Å². The first-order valence-electron chi connectivity index (χ1n) is 4.78. The molecule has 2 nitrogen and oxygen atoms in total. The van der Waals surface area contributed by atoms with Crippen molar-refractivity contribution in [3.63, 3.8) is 0 Å². The van der Waals surface area contributed by atoms with Crippen LogP contribution in [0.25, 0.3) is 0 Å². The van der Waals surface area contributed by atoms with Crippen molar-refractivity contribution < 1.29 is 4.74 Å². The van der Waals surface area contributed by atoms with Gasteiger partial charge >= 0.3 is 0 Å². The highest BCUT2D eigenvalue weighted by Gasteiger charge is 2.25. The molecule has 2 atom stereocenters. The average molecular weight is 155 g/mol. The Balaban J connectivity index is 1.82. The van der Waals surface area contributed by atoms with Gasteiger partial charge < -0.3 is 10.1 Å². The first-order valence-corrected chi connectivity index (χ1v) is 4.78. The van der Waals surface area contributed by atoms with Crippen LogP contribution in [0.15, 0.2) is 0 Å². The zero-order valence-corrected chi connectivity index (χ0v) is 7.01. The highest BCUT2D eigenvalue weighted by molar-refractivity contribution is 4.82. The number of ether oxygens (including phenoxy) is 1. The minimum Gasteiger partial charge on any atom is -0.381 e. The number of nitrogens with one attached hydrogen (secondary N) is 1. The standard InChI is InChI=1S/C9H17NO/c1-4-9(10-5-1)8-3-2-6-11-7-8/h8-10H,1-7H2/t8-,9-/m1/s1. The molecule has 0 saturated carbocycles. The van der Waals surface area contributed by atoms with Crippen molar-refractivity contribution in [2.45, 2.75) is 31.7 Å². The maximum Gasteiger partial charge on any atom is 0.0509 e. The van der Waals surface area contributed by atoms with Crippen LogP contribution in [0, 0.1) is 5.92 Å². The molecule has 0 bridgehead atoms. The van der Waals surface area contributed by atoms with Crippen molar-refractivity contribution in [2.24, 2.45) is 5.92 Å². The topological polar surface area (TPSA) is 21.3 Å². The fraction of sp³-hybridized carbons (Fsp3) is 1.00. The molecule has 2 heterocycles. The van der Waals surface area contributed by atoms with Crippen LogP contribution in [0.4, 0.5) is 0 Å². The molecule has 64 valence electrons. The SMILES string of the molecule is C1COC[C@H]([C@H]2CCCN2)C1. The second-order valence-electron chi connectivity index (χ2n) is 3.68. The molecule has 1 N–H and O–H groups in total. The summed E-state index contributed by atoms with van der Waals surface area (Å²) >= 11 is 0. The predicted octanol–water partition coefficient (Wildman–Crippen LogP) is 1.17. The monoisotopic (exact) mass is 155 g/mol. The van der Waals surface area contributed by atoms with E-state index in [2.05, 4.69) is 5.32 Å². The van der Waals surface area contributed by atoms with Crippen molar-refractivity contribution in [1.82, 2.24) is 5.32 Å². The fourth-order valence-electron chi connectivity index (χ4n) is 2.20. The molecular weight excluding hydrogens is 138 g/mol. The lowest BCUT2D eigenvalue weighted by molar-refractivity contribution is 0.0422. The molecule has 0 aromatic heterocycles. The summed E-state index contributed by atoms with van der Waals surface area (Å²) in [5.41, 5.74) is 0. The Morgan fingerprint density at radius 1 is 1.18 bits per heavy atom. The van der Waals surface area contributed by atoms with Gasteiger partial charge in [-0.2, -0.15) is 0 Å². The molecule has 0 aliphatic carbocycles. The van der Waals surface area contributed by atoms with Gasteiger partial charge in [-0.05, 0) is 38.1 Å². The Bertz CT molecular complexity index is 115. The second-order valence-corrected chi connectivity index (χ2v) is 3.68. The second kappa shape index (κ2) is 3.55. The summed E-state index contributed by atoms with van der Waals surface area (Å²) in [7, 11) is 0. The van der Waals surface area contributed by atoms with E-state index >= 15 is 0 Å². The van der Waals surface area contributed by atoms with Crippen LogP contribution >= 0.6 is 0 Å². The van der Waals surface area contributed by atoms with Gasteiger partial charge in [-0.1, -0.05) is 0 Å². The molecular formula is C9H17NO. The molecule has 0 radical (unpaired) electrons. The maximum absolute atomic E-state index is 5.45. The summed E-state index contributed by atoms with van der Waals surface area (Å²) in [6.07, 6.45) is 5.37. The third-order valence-corrected chi connectivity index (χ3v) is 2.86. The highest BCUT2D eigenvalue weighted by atomic mass is 16.5. The first kappa shape index (κ1) is 7.56. The summed E-state index contributed by atoms with van der Waals surface area (Å²) in [6, 6.07) is 0.773. The Kier molecular flexibility index (Phi) is 2.44. The Morgan fingerprint density at radius 2 is 2.18 bits per heavy atom. The van der Waals surface area contributed by atoms with E-state index in [0.717, 1.165) is 25.2 Å². The Morgan fingerprint density at radius 3 is 2.82 bits per heavy atom. The van der Waals surface area contributed by atoms with Gasteiger partial charge in [0.2, 0.25) is 0 Å². The van der Waals surface area contributed by atoms with E-state index in [-0.39, 0.29) is 0 Å². The van der Waals surface area contributed by atoms with Crippen molar-refractivity contribution >= 4 is 0 Å². The fourth-order valence-corrected chi connectivity index (χ4v) is 2.20. The van der Waals surface area contributed by atoms with Crippen molar-refractivity contribution in [2.75, 3.05) is 19.8 Å². The van der Waals surface area contributed by atoms with E-state index in [1.165, 1.54) is 32.2 Å². The molecule has 2 heteroatoms. The summed E-state index contributed by atoms with van der Waals surface area (Å²) in [5.74, 6) is 0.811. The minimum absolute atomic E-state index is 0.773. The molecule has 2 fully saturated rings. The number of hydrogen-bond donors (Lipinski definition) is 1. The third-order valence-electron chi connectivity index (χ3n) is 2.86. The number of hydrogen-bond acceptors (Lipinski definition) is 2. The molecule has 2 saturated heterocycles. The lowest BCUT2D eigenvalue weighted by Crippen LogP contribution is -2.35. The van der Waals surface area contributed by atoms with Crippen molar-refractivity contribution in [3.8, 4) is 0 Å². The molecule has 0 aromatic carbocycles. The van der Waals surface area contributed by atoms with Gasteiger partial charge in [-0.15, -0.1) is 0 Å². The molecule has 0 unspecified atom stereocenters. The summed E-state index contributed by atoms with van der Waals surface area (Å²) in [6.45, 7) is 3.21. The van der Waals surface area contributed by atoms with Crippen LogP contribution in [0.2, 0.25) is 0 Å². The zero-order chi connectivity index (χ0) is 7.52. The summed E-state index contributed by atoms with van der Waals surface area (Å²) < 4.78 is 5.45. The summed E-state index contributed by atoms with van der Waals surface area (Å²) in [4.78, 5) is 0. The zero-order valence-electron chi connectivity index (χ0n) is 7.01. The lowest BCUT2D eigenvalue weighted by Gasteiger charge is -2.27. The molecule has 2 aliphatic heterocycles. The van der Waals surface area contributed by atoms with Gasteiger partial charge in [0.25, 0.3) is 0 Å². The van der Waals surface area contributed by atoms with E-state index in [0.29, 0.717) is 0 Å². The van der Waals surface area contributed by atoms with E-state index in [1.54, 1.807) is 0 Å².